The summed E-state index contributed by atoms with van der Waals surface area (Å²) in [6, 6.07) is 17.1. The number of anilines is 1. The summed E-state index contributed by atoms with van der Waals surface area (Å²) >= 11 is 0. The smallest absolute Gasteiger partial charge is 0.322 e. The van der Waals surface area contributed by atoms with Gasteiger partial charge in [-0.05, 0) is 47.4 Å². The lowest BCUT2D eigenvalue weighted by Gasteiger charge is -2.30. The summed E-state index contributed by atoms with van der Waals surface area (Å²) in [6.45, 7) is 2.42. The number of unbranched alkanes of at least 4 members (excludes halogenated alkanes) is 1. The van der Waals surface area contributed by atoms with E-state index >= 15 is 0 Å². The Morgan fingerprint density at radius 1 is 1.00 bits per heavy atom. The van der Waals surface area contributed by atoms with E-state index in [1.54, 1.807) is 60.7 Å². The molecule has 0 saturated carbocycles. The Kier molecular flexibility index (Phi) is 10.4. The minimum absolute atomic E-state index is 0.0519. The Morgan fingerprint density at radius 2 is 1.75 bits per heavy atom. The highest BCUT2D eigenvalue weighted by Gasteiger charge is 2.29. The number of nitrogens with two attached hydrogens (primary N) is 3. The van der Waals surface area contributed by atoms with Gasteiger partial charge in [-0.15, -0.1) is 0 Å². The number of oxime groups is 1. The number of carbonyl (C=O) groups is 3. The molecule has 4 aromatic rings. The lowest BCUT2D eigenvalue weighted by molar-refractivity contribution is -0.122. The van der Waals surface area contributed by atoms with Gasteiger partial charge in [0.15, 0.2) is 5.84 Å². The van der Waals surface area contributed by atoms with Crippen molar-refractivity contribution in [3.8, 4) is 0 Å². The molecule has 0 spiro atoms. The molecule has 0 bridgehead atoms. The molecule has 13 nitrogen and oxygen atoms in total. The van der Waals surface area contributed by atoms with Gasteiger partial charge in [-0.3, -0.25) is 4.79 Å². The summed E-state index contributed by atoms with van der Waals surface area (Å²) in [6.07, 6.45) is 2.97. The first-order valence-corrected chi connectivity index (χ1v) is 14.2. The summed E-state index contributed by atoms with van der Waals surface area (Å²) in [4.78, 5) is 47.1. The average Bonchev–Trinajstić information content (AvgIpc) is 3.43. The highest BCUT2D eigenvalue weighted by molar-refractivity contribution is 5.97. The SMILES string of the molecule is CCCCc1nc2ccc(NC(=O)N(Cc3ccc(CNC(N)=O)cc3)[C@H](Cc3cccc(C(N)=NO)c3)C(N)=O)cc2[nH]1. The highest BCUT2D eigenvalue weighted by Crippen LogP contribution is 2.21. The number of amidine groups is 1. The van der Waals surface area contributed by atoms with Crippen LogP contribution in [0, 0.1) is 0 Å². The standard InChI is InChI=1S/C31H37N9O4/c1-2-3-7-27-37-24-13-12-23(16-25(24)38-27)36-31(43)40(18-20-10-8-19(9-11-20)17-35-30(34)42)26(29(33)41)15-21-5-4-6-22(14-21)28(32)39-44/h4-6,8-14,16,26,44H,2-3,7,15,17-18H2,1H3,(H2,32,39)(H2,33,41)(H,36,43)(H,37,38)(H3,34,35,42)/t26-/m1/s1. The van der Waals surface area contributed by atoms with E-state index in [9.17, 15) is 14.4 Å². The number of H-pyrrole nitrogens is 1. The first-order valence-electron chi connectivity index (χ1n) is 14.2. The lowest BCUT2D eigenvalue weighted by Crippen LogP contribution is -2.50. The van der Waals surface area contributed by atoms with Crippen LogP contribution in [-0.4, -0.2) is 49.9 Å². The van der Waals surface area contributed by atoms with Crippen molar-refractivity contribution in [3.63, 3.8) is 0 Å². The monoisotopic (exact) mass is 599 g/mol. The van der Waals surface area contributed by atoms with Crippen molar-refractivity contribution in [1.82, 2.24) is 20.2 Å². The molecule has 4 rings (SSSR count). The highest BCUT2D eigenvalue weighted by atomic mass is 16.4. The van der Waals surface area contributed by atoms with Crippen LogP contribution in [0.4, 0.5) is 15.3 Å². The van der Waals surface area contributed by atoms with E-state index in [-0.39, 0.29) is 25.3 Å². The summed E-state index contributed by atoms with van der Waals surface area (Å²) in [7, 11) is 0. The van der Waals surface area contributed by atoms with E-state index in [4.69, 9.17) is 22.4 Å². The van der Waals surface area contributed by atoms with Gasteiger partial charge < -0.3 is 42.9 Å². The molecule has 44 heavy (non-hydrogen) atoms. The Morgan fingerprint density at radius 3 is 2.43 bits per heavy atom. The van der Waals surface area contributed by atoms with E-state index in [1.165, 1.54) is 4.90 Å². The van der Waals surface area contributed by atoms with E-state index in [1.807, 2.05) is 6.07 Å². The van der Waals surface area contributed by atoms with Gasteiger partial charge in [-0.25, -0.2) is 14.6 Å². The van der Waals surface area contributed by atoms with Gasteiger partial charge in [0.25, 0.3) is 0 Å². The first kappa shape index (κ1) is 31.3. The third-order valence-electron chi connectivity index (χ3n) is 7.12. The molecule has 3 aromatic carbocycles. The number of fused-ring (bicyclic) bond motifs is 1. The summed E-state index contributed by atoms with van der Waals surface area (Å²) in [5, 5.41) is 17.6. The van der Waals surface area contributed by atoms with Gasteiger partial charge >= 0.3 is 12.1 Å². The Balaban J connectivity index is 1.62. The van der Waals surface area contributed by atoms with Crippen LogP contribution in [0.2, 0.25) is 0 Å². The van der Waals surface area contributed by atoms with Crippen molar-refractivity contribution < 1.29 is 19.6 Å². The molecule has 0 radical (unpaired) electrons. The van der Waals surface area contributed by atoms with Crippen LogP contribution < -0.4 is 27.8 Å². The Bertz CT molecular complexity index is 1650. The number of benzene rings is 3. The minimum Gasteiger partial charge on any atom is -0.409 e. The number of aromatic nitrogens is 2. The van der Waals surface area contributed by atoms with Crippen LogP contribution >= 0.6 is 0 Å². The van der Waals surface area contributed by atoms with Crippen LogP contribution in [0.25, 0.3) is 11.0 Å². The molecule has 0 fully saturated rings. The maximum absolute atomic E-state index is 13.8. The number of urea groups is 2. The predicted molar refractivity (Wildman–Crippen MR) is 168 cm³/mol. The zero-order valence-electron chi connectivity index (χ0n) is 24.4. The molecule has 1 aromatic heterocycles. The lowest BCUT2D eigenvalue weighted by atomic mass is 10.0. The molecule has 0 aliphatic carbocycles. The number of carbonyl (C=O) groups excluding carboxylic acids is 3. The van der Waals surface area contributed by atoms with E-state index < -0.39 is 24.0 Å². The van der Waals surface area contributed by atoms with Crippen LogP contribution in [0.1, 0.15) is 47.8 Å². The van der Waals surface area contributed by atoms with Crippen LogP contribution in [0.5, 0.6) is 0 Å². The second-order valence-electron chi connectivity index (χ2n) is 10.4. The average molecular weight is 600 g/mol. The van der Waals surface area contributed by atoms with Crippen molar-refractivity contribution in [3.05, 3.63) is 94.8 Å². The van der Waals surface area contributed by atoms with Crippen LogP contribution in [0.15, 0.2) is 71.9 Å². The molecule has 230 valence electrons. The number of aryl methyl sites for hydroxylation is 1. The van der Waals surface area contributed by atoms with Gasteiger partial charge in [0, 0.05) is 37.2 Å². The summed E-state index contributed by atoms with van der Waals surface area (Å²) in [5.41, 5.74) is 21.5. The van der Waals surface area contributed by atoms with Crippen molar-refractivity contribution in [2.45, 2.75) is 51.7 Å². The largest absolute Gasteiger partial charge is 0.409 e. The number of hydrogen-bond acceptors (Lipinski definition) is 6. The van der Waals surface area contributed by atoms with Crippen molar-refractivity contribution in [2.24, 2.45) is 22.4 Å². The summed E-state index contributed by atoms with van der Waals surface area (Å²) in [5.74, 6) is 0.0839. The summed E-state index contributed by atoms with van der Waals surface area (Å²) < 4.78 is 0. The molecular formula is C31H37N9O4. The van der Waals surface area contributed by atoms with E-state index in [0.29, 0.717) is 16.8 Å². The van der Waals surface area contributed by atoms with Gasteiger partial charge in [-0.1, -0.05) is 61.0 Å². The number of primary amides is 2. The molecule has 5 amide bonds. The minimum atomic E-state index is -1.05. The third-order valence-corrected chi connectivity index (χ3v) is 7.12. The topological polar surface area (TPSA) is 218 Å². The molecule has 1 atom stereocenters. The molecule has 0 unspecified atom stereocenters. The molecular weight excluding hydrogens is 562 g/mol. The van der Waals surface area contributed by atoms with Gasteiger partial charge in [0.2, 0.25) is 5.91 Å². The molecule has 13 heteroatoms. The normalized spacial score (nSPS) is 12.1. The predicted octanol–water partition coefficient (Wildman–Crippen LogP) is 3.30. The molecule has 1 heterocycles. The Labute approximate surface area is 254 Å². The molecule has 0 saturated heterocycles. The number of nitrogens with one attached hydrogen (secondary N) is 3. The zero-order chi connectivity index (χ0) is 31.6. The fraction of sp³-hybridized carbons (Fsp3) is 0.258. The van der Waals surface area contributed by atoms with Crippen molar-refractivity contribution >= 4 is 40.5 Å². The second-order valence-corrected chi connectivity index (χ2v) is 10.4. The van der Waals surface area contributed by atoms with Crippen molar-refractivity contribution in [2.75, 3.05) is 5.32 Å². The van der Waals surface area contributed by atoms with E-state index in [2.05, 4.69) is 32.7 Å². The number of rotatable bonds is 13. The zero-order valence-corrected chi connectivity index (χ0v) is 24.4. The number of nitrogens with zero attached hydrogens (tertiary/aromatic N) is 3. The van der Waals surface area contributed by atoms with Gasteiger partial charge in [-0.2, -0.15) is 0 Å². The quantitative estimate of drug-likeness (QED) is 0.0529. The number of imidazole rings is 1. The number of amides is 5. The number of hydrogen-bond donors (Lipinski definition) is 7. The second kappa shape index (κ2) is 14.5. The fourth-order valence-electron chi connectivity index (χ4n) is 4.77. The molecule has 0 aliphatic heterocycles. The molecule has 10 N–H and O–H groups in total. The first-order chi connectivity index (χ1) is 21.2. The third kappa shape index (κ3) is 8.25. The molecule has 0 aliphatic rings. The maximum Gasteiger partial charge on any atom is 0.322 e. The van der Waals surface area contributed by atoms with Crippen molar-refractivity contribution in [1.29, 1.82) is 0 Å². The Hall–Kier alpha value is -5.59. The van der Waals surface area contributed by atoms with Gasteiger partial charge in [0.05, 0.1) is 11.0 Å². The van der Waals surface area contributed by atoms with Crippen LogP contribution in [0.3, 0.4) is 0 Å². The number of aromatic amines is 1. The van der Waals surface area contributed by atoms with Gasteiger partial charge in [0.1, 0.15) is 11.9 Å². The van der Waals surface area contributed by atoms with E-state index in [0.717, 1.165) is 47.2 Å². The maximum atomic E-state index is 13.8. The van der Waals surface area contributed by atoms with Crippen LogP contribution in [-0.2, 0) is 30.7 Å². The fourth-order valence-corrected chi connectivity index (χ4v) is 4.77.